The minimum absolute atomic E-state index is 0.00166. The second-order valence-electron chi connectivity index (χ2n) is 11.0. The Bertz CT molecular complexity index is 961. The highest BCUT2D eigenvalue weighted by molar-refractivity contribution is 5.29. The number of fused-ring (bicyclic) bond motifs is 1. The third-order valence-electron chi connectivity index (χ3n) is 8.53. The molecule has 37 heavy (non-hydrogen) atoms. The van der Waals surface area contributed by atoms with E-state index in [1.54, 1.807) is 4.90 Å². The van der Waals surface area contributed by atoms with Gasteiger partial charge >= 0.3 is 12.4 Å². The number of nitrogens with one attached hydrogen (secondary N) is 1. The standard InChI is InChI=1S/C25H35F6N3O3/c1-3-4-16-10-18(33-20-6-8-37-14-23(20,36)25(29,30)31)11-22(16,2)21(35)34-7-5-19-15(13-34)9-17(12-32-19)24(26,27)28/h9,12,16,18,20-21,33,35-36H,3-8,10-11,13-14H2,1-2H3/t16?,18-,20?,21?,22?,23?/m1/s1. The number of hydrogen-bond donors (Lipinski definition) is 3. The maximum absolute atomic E-state index is 13.7. The van der Waals surface area contributed by atoms with Gasteiger partial charge in [0.2, 0.25) is 0 Å². The molecule has 0 amide bonds. The van der Waals surface area contributed by atoms with Crippen LogP contribution in [0.3, 0.4) is 0 Å². The second kappa shape index (κ2) is 10.3. The van der Waals surface area contributed by atoms with Crippen molar-refractivity contribution >= 4 is 0 Å². The molecule has 6 nitrogen and oxygen atoms in total. The zero-order valence-corrected chi connectivity index (χ0v) is 21.0. The molecule has 210 valence electrons. The van der Waals surface area contributed by atoms with Gasteiger partial charge in [-0.15, -0.1) is 0 Å². The summed E-state index contributed by atoms with van der Waals surface area (Å²) in [6.07, 6.45) is -6.72. The molecule has 0 aromatic carbocycles. The van der Waals surface area contributed by atoms with E-state index in [1.165, 1.54) is 0 Å². The first kappa shape index (κ1) is 28.5. The number of aromatic nitrogens is 1. The quantitative estimate of drug-likeness (QED) is 0.474. The van der Waals surface area contributed by atoms with Crippen LogP contribution in [0.2, 0.25) is 0 Å². The predicted molar refractivity (Wildman–Crippen MR) is 122 cm³/mol. The van der Waals surface area contributed by atoms with Crippen molar-refractivity contribution in [3.05, 3.63) is 29.1 Å². The lowest BCUT2D eigenvalue weighted by Gasteiger charge is -2.44. The number of nitrogens with zero attached hydrogens (tertiary/aromatic N) is 2. The van der Waals surface area contributed by atoms with Crippen molar-refractivity contribution in [2.75, 3.05) is 19.8 Å². The summed E-state index contributed by atoms with van der Waals surface area (Å²) in [4.78, 5) is 5.73. The molecule has 1 aromatic rings. The van der Waals surface area contributed by atoms with E-state index in [0.29, 0.717) is 37.1 Å². The lowest BCUT2D eigenvalue weighted by Crippen LogP contribution is -2.66. The van der Waals surface area contributed by atoms with Crippen LogP contribution < -0.4 is 5.32 Å². The van der Waals surface area contributed by atoms with E-state index in [0.717, 1.165) is 25.1 Å². The Labute approximate surface area is 212 Å². The molecule has 2 fully saturated rings. The van der Waals surface area contributed by atoms with Gasteiger partial charge in [-0.25, -0.2) is 0 Å². The van der Waals surface area contributed by atoms with E-state index in [4.69, 9.17) is 4.74 Å². The summed E-state index contributed by atoms with van der Waals surface area (Å²) < 4.78 is 85.7. The largest absolute Gasteiger partial charge is 0.421 e. The van der Waals surface area contributed by atoms with E-state index >= 15 is 0 Å². The van der Waals surface area contributed by atoms with Gasteiger partial charge in [-0.1, -0.05) is 20.3 Å². The maximum Gasteiger partial charge on any atom is 0.421 e. The molecule has 3 aliphatic rings. The van der Waals surface area contributed by atoms with Crippen LogP contribution in [0.15, 0.2) is 12.3 Å². The van der Waals surface area contributed by atoms with Gasteiger partial charge in [0.15, 0.2) is 5.60 Å². The van der Waals surface area contributed by atoms with Gasteiger partial charge in [-0.2, -0.15) is 26.3 Å². The molecule has 1 saturated carbocycles. The summed E-state index contributed by atoms with van der Waals surface area (Å²) in [5.74, 6) is -0.0233. The molecule has 12 heteroatoms. The van der Waals surface area contributed by atoms with Gasteiger partial charge in [0.1, 0.15) is 6.23 Å². The van der Waals surface area contributed by atoms with Crippen LogP contribution in [0.25, 0.3) is 0 Å². The van der Waals surface area contributed by atoms with Gasteiger partial charge in [-0.05, 0) is 43.2 Å². The molecule has 0 bridgehead atoms. The topological polar surface area (TPSA) is 77.8 Å². The van der Waals surface area contributed by atoms with Crippen LogP contribution >= 0.6 is 0 Å². The highest BCUT2D eigenvalue weighted by Gasteiger charge is 2.61. The van der Waals surface area contributed by atoms with Crippen molar-refractivity contribution in [3.8, 4) is 0 Å². The highest BCUT2D eigenvalue weighted by Crippen LogP contribution is 2.50. The Morgan fingerprint density at radius 1 is 1.27 bits per heavy atom. The minimum Gasteiger partial charge on any atom is -0.378 e. The summed E-state index contributed by atoms with van der Waals surface area (Å²) >= 11 is 0. The molecule has 1 aliphatic carbocycles. The first-order valence-electron chi connectivity index (χ1n) is 12.8. The van der Waals surface area contributed by atoms with Crippen molar-refractivity contribution < 1.29 is 41.3 Å². The normalized spacial score (nSPS) is 34.4. The number of aliphatic hydroxyl groups excluding tert-OH is 1. The number of pyridine rings is 1. The lowest BCUT2D eigenvalue weighted by atomic mass is 9.75. The van der Waals surface area contributed by atoms with Crippen molar-refractivity contribution in [1.29, 1.82) is 0 Å². The monoisotopic (exact) mass is 539 g/mol. The van der Waals surface area contributed by atoms with E-state index in [1.807, 2.05) is 13.8 Å². The molecule has 3 heterocycles. The fraction of sp³-hybridized carbons (Fsp3) is 0.800. The predicted octanol–water partition coefficient (Wildman–Crippen LogP) is 4.03. The van der Waals surface area contributed by atoms with E-state index in [2.05, 4.69) is 10.3 Å². The Kier molecular flexibility index (Phi) is 7.91. The number of halogens is 6. The third-order valence-corrected chi connectivity index (χ3v) is 8.53. The van der Waals surface area contributed by atoms with E-state index in [-0.39, 0.29) is 31.5 Å². The maximum atomic E-state index is 13.7. The molecule has 5 unspecified atom stereocenters. The summed E-state index contributed by atoms with van der Waals surface area (Å²) in [5.41, 5.74) is -3.55. The fourth-order valence-electron chi connectivity index (χ4n) is 6.42. The summed E-state index contributed by atoms with van der Waals surface area (Å²) in [6, 6.07) is -0.527. The number of ether oxygens (including phenoxy) is 1. The fourth-order valence-corrected chi connectivity index (χ4v) is 6.42. The zero-order chi connectivity index (χ0) is 27.2. The molecule has 0 radical (unpaired) electrons. The molecule has 3 N–H and O–H groups in total. The molecule has 4 rings (SSSR count). The number of rotatable bonds is 6. The van der Waals surface area contributed by atoms with Gasteiger partial charge < -0.3 is 20.3 Å². The molecular formula is C25H35F6N3O3. The molecule has 1 saturated heterocycles. The van der Waals surface area contributed by atoms with Gasteiger partial charge in [0, 0.05) is 55.5 Å². The average Bonchev–Trinajstić information content (AvgIpc) is 3.14. The highest BCUT2D eigenvalue weighted by atomic mass is 19.4. The van der Waals surface area contributed by atoms with Crippen LogP contribution in [0.4, 0.5) is 26.3 Å². The third kappa shape index (κ3) is 5.50. The van der Waals surface area contributed by atoms with Crippen molar-refractivity contribution in [1.82, 2.24) is 15.2 Å². The van der Waals surface area contributed by atoms with Crippen molar-refractivity contribution in [3.63, 3.8) is 0 Å². The second-order valence-corrected chi connectivity index (χ2v) is 11.0. The summed E-state index contributed by atoms with van der Waals surface area (Å²) in [7, 11) is 0. The van der Waals surface area contributed by atoms with Gasteiger partial charge in [0.25, 0.3) is 0 Å². The Morgan fingerprint density at radius 2 is 2.00 bits per heavy atom. The summed E-state index contributed by atoms with van der Waals surface area (Å²) in [6.45, 7) is 3.68. The molecule has 6 atom stereocenters. The average molecular weight is 540 g/mol. The van der Waals surface area contributed by atoms with Crippen LogP contribution in [-0.4, -0.2) is 69.9 Å². The number of aliphatic hydroxyl groups is 2. The van der Waals surface area contributed by atoms with Crippen LogP contribution in [0.5, 0.6) is 0 Å². The summed E-state index contributed by atoms with van der Waals surface area (Å²) in [5, 5.41) is 25.0. The Morgan fingerprint density at radius 3 is 2.65 bits per heavy atom. The number of hydrogen-bond acceptors (Lipinski definition) is 6. The molecule has 1 aromatic heterocycles. The van der Waals surface area contributed by atoms with E-state index in [9.17, 15) is 36.6 Å². The van der Waals surface area contributed by atoms with E-state index < -0.39 is 47.8 Å². The van der Waals surface area contributed by atoms with Crippen molar-refractivity contribution in [2.45, 2.75) is 95.2 Å². The molecular weight excluding hydrogens is 504 g/mol. The van der Waals surface area contributed by atoms with Crippen LogP contribution in [0, 0.1) is 11.3 Å². The first-order valence-corrected chi connectivity index (χ1v) is 12.8. The lowest BCUT2D eigenvalue weighted by molar-refractivity contribution is -0.297. The van der Waals surface area contributed by atoms with Gasteiger partial charge in [0.05, 0.1) is 12.2 Å². The van der Waals surface area contributed by atoms with Gasteiger partial charge in [-0.3, -0.25) is 9.88 Å². The SMILES string of the molecule is CCCC1C[C@@H](NC2CCOCC2(O)C(F)(F)F)CC1(C)C(O)N1CCc2ncc(C(F)(F)F)cc2C1. The van der Waals surface area contributed by atoms with Crippen LogP contribution in [-0.2, 0) is 23.9 Å². The zero-order valence-electron chi connectivity index (χ0n) is 21.0. The van der Waals surface area contributed by atoms with Crippen LogP contribution in [0.1, 0.15) is 62.8 Å². The smallest absolute Gasteiger partial charge is 0.378 e. The van der Waals surface area contributed by atoms with Crippen molar-refractivity contribution in [2.24, 2.45) is 11.3 Å². The number of alkyl halides is 6. The first-order chi connectivity index (χ1) is 17.2. The molecule has 2 aliphatic heterocycles. The Hall–Kier alpha value is -1.47. The Balaban J connectivity index is 1.52. The molecule has 0 spiro atoms. The minimum atomic E-state index is -4.86.